The van der Waals surface area contributed by atoms with Gasteiger partial charge in [0.15, 0.2) is 0 Å². The Morgan fingerprint density at radius 1 is 0.860 bits per heavy atom. The van der Waals surface area contributed by atoms with Crippen molar-refractivity contribution in [2.75, 3.05) is 5.32 Å². The SMILES string of the molecule is C/C(=N/NC(=O)c1cc(-c2ccc(Cl)cc2Cl)nc2ccccc12)c1ccc(NC(=O)C(F)(F)C(F)(F)C(F)(F)F)cc1. The highest BCUT2D eigenvalue weighted by Crippen LogP contribution is 2.47. The molecule has 0 aliphatic carbocycles. The van der Waals surface area contributed by atoms with Crippen LogP contribution < -0.4 is 10.7 Å². The summed E-state index contributed by atoms with van der Waals surface area (Å²) in [5.41, 5.74) is 4.01. The van der Waals surface area contributed by atoms with Crippen LogP contribution in [0.2, 0.25) is 10.0 Å². The van der Waals surface area contributed by atoms with E-state index >= 15 is 0 Å². The Morgan fingerprint density at radius 3 is 2.14 bits per heavy atom. The van der Waals surface area contributed by atoms with Crippen molar-refractivity contribution in [3.05, 3.63) is 94.0 Å². The van der Waals surface area contributed by atoms with Crippen LogP contribution in [0.3, 0.4) is 0 Å². The topological polar surface area (TPSA) is 83.4 Å². The second-order valence-corrected chi connectivity index (χ2v) is 9.86. The van der Waals surface area contributed by atoms with E-state index in [1.54, 1.807) is 36.4 Å². The van der Waals surface area contributed by atoms with Gasteiger partial charge in [0.05, 0.1) is 27.5 Å². The summed E-state index contributed by atoms with van der Waals surface area (Å²) in [6, 6.07) is 17.5. The lowest BCUT2D eigenvalue weighted by molar-refractivity contribution is -0.343. The van der Waals surface area contributed by atoms with Gasteiger partial charge in [0, 0.05) is 21.7 Å². The molecule has 0 bridgehead atoms. The molecule has 0 aliphatic heterocycles. The fourth-order valence-electron chi connectivity index (χ4n) is 3.78. The van der Waals surface area contributed by atoms with Crippen LogP contribution in [0, 0.1) is 0 Å². The lowest BCUT2D eigenvalue weighted by Gasteiger charge is -2.27. The highest BCUT2D eigenvalue weighted by molar-refractivity contribution is 6.36. The first-order valence-corrected chi connectivity index (χ1v) is 12.7. The number of pyridine rings is 1. The number of carbonyl (C=O) groups is 2. The summed E-state index contributed by atoms with van der Waals surface area (Å²) in [5, 5.41) is 6.59. The molecule has 224 valence electrons. The molecule has 0 atom stereocenters. The van der Waals surface area contributed by atoms with Gasteiger partial charge in [-0.05, 0) is 55.0 Å². The highest BCUT2D eigenvalue weighted by atomic mass is 35.5. The van der Waals surface area contributed by atoms with Gasteiger partial charge < -0.3 is 5.32 Å². The predicted octanol–water partition coefficient (Wildman–Crippen LogP) is 8.13. The molecule has 6 nitrogen and oxygen atoms in total. The van der Waals surface area contributed by atoms with E-state index in [0.717, 1.165) is 12.1 Å². The van der Waals surface area contributed by atoms with Crippen molar-refractivity contribution in [3.63, 3.8) is 0 Å². The molecule has 4 rings (SSSR count). The molecular weight excluding hydrogens is 628 g/mol. The first kappa shape index (κ1) is 31.7. The summed E-state index contributed by atoms with van der Waals surface area (Å²) in [6.45, 7) is 1.47. The molecule has 0 spiro atoms. The Morgan fingerprint density at radius 2 is 1.51 bits per heavy atom. The van der Waals surface area contributed by atoms with Crippen molar-refractivity contribution in [2.45, 2.75) is 24.9 Å². The predicted molar refractivity (Wildman–Crippen MR) is 148 cm³/mol. The maximum Gasteiger partial charge on any atom is 0.460 e. The molecular formula is C28H17Cl2F7N4O2. The second-order valence-electron chi connectivity index (χ2n) is 9.01. The fraction of sp³-hybridized carbons (Fsp3) is 0.143. The third kappa shape index (κ3) is 6.42. The Balaban J connectivity index is 1.53. The first-order chi connectivity index (χ1) is 20.0. The third-order valence-electron chi connectivity index (χ3n) is 6.09. The number of halogens is 9. The minimum absolute atomic E-state index is 0.194. The van der Waals surface area contributed by atoms with E-state index in [0.29, 0.717) is 37.8 Å². The molecule has 0 aliphatic rings. The van der Waals surface area contributed by atoms with Gasteiger partial charge in [0.1, 0.15) is 0 Å². The van der Waals surface area contributed by atoms with E-state index in [2.05, 4.69) is 15.5 Å². The summed E-state index contributed by atoms with van der Waals surface area (Å²) >= 11 is 12.3. The summed E-state index contributed by atoms with van der Waals surface area (Å²) in [7, 11) is 0. The second kappa shape index (κ2) is 11.8. The average Bonchev–Trinajstić information content (AvgIpc) is 2.94. The number of hydrogen-bond donors (Lipinski definition) is 2. The number of anilines is 1. The minimum Gasteiger partial charge on any atom is -0.321 e. The van der Waals surface area contributed by atoms with Crippen LogP contribution >= 0.6 is 23.2 Å². The van der Waals surface area contributed by atoms with Gasteiger partial charge in [-0.15, -0.1) is 0 Å². The lowest BCUT2D eigenvalue weighted by atomic mass is 10.0. The molecule has 2 amide bonds. The zero-order valence-corrected chi connectivity index (χ0v) is 23.1. The number of nitrogens with one attached hydrogen (secondary N) is 2. The van der Waals surface area contributed by atoms with Gasteiger partial charge in [-0.2, -0.15) is 35.8 Å². The van der Waals surface area contributed by atoms with Crippen LogP contribution in [-0.2, 0) is 4.79 Å². The molecule has 0 saturated carbocycles. The van der Waals surface area contributed by atoms with Crippen molar-refractivity contribution in [1.82, 2.24) is 10.4 Å². The Hall–Kier alpha value is -4.23. The fourth-order valence-corrected chi connectivity index (χ4v) is 4.29. The maximum absolute atomic E-state index is 13.6. The van der Waals surface area contributed by atoms with E-state index in [-0.39, 0.29) is 11.3 Å². The summed E-state index contributed by atoms with van der Waals surface area (Å²) in [6.07, 6.45) is -6.65. The van der Waals surface area contributed by atoms with Gasteiger partial charge in [0.25, 0.3) is 5.91 Å². The summed E-state index contributed by atoms with van der Waals surface area (Å²) < 4.78 is 90.5. The van der Waals surface area contributed by atoms with Crippen molar-refractivity contribution in [3.8, 4) is 11.3 Å². The standard InChI is InChI=1S/C28H17Cl2F7N4O2/c1-14(15-6-9-17(10-7-15)38-25(43)26(31,32)27(33,34)28(35,36)37)40-41-24(42)20-13-23(19-11-8-16(29)12-21(19)30)39-22-5-3-2-4-18(20)22/h2-13H,1H3,(H,38,43)(H,41,42)/b40-14-. The number of hydrazone groups is 1. The van der Waals surface area contributed by atoms with Crippen molar-refractivity contribution in [1.29, 1.82) is 0 Å². The number of alkyl halides is 7. The van der Waals surface area contributed by atoms with Crippen molar-refractivity contribution in [2.24, 2.45) is 5.10 Å². The van der Waals surface area contributed by atoms with Crippen LogP contribution in [0.25, 0.3) is 22.2 Å². The maximum atomic E-state index is 13.6. The zero-order valence-electron chi connectivity index (χ0n) is 21.5. The first-order valence-electron chi connectivity index (χ1n) is 12.0. The van der Waals surface area contributed by atoms with E-state index in [4.69, 9.17) is 23.2 Å². The van der Waals surface area contributed by atoms with Gasteiger partial charge >= 0.3 is 23.9 Å². The van der Waals surface area contributed by atoms with Crippen LogP contribution in [0.4, 0.5) is 36.4 Å². The minimum atomic E-state index is -6.65. The smallest absolute Gasteiger partial charge is 0.321 e. The summed E-state index contributed by atoms with van der Waals surface area (Å²) in [5.74, 6) is -16.1. The monoisotopic (exact) mass is 644 g/mol. The van der Waals surface area contributed by atoms with Crippen LogP contribution in [0.15, 0.2) is 77.9 Å². The average molecular weight is 645 g/mol. The molecule has 3 aromatic carbocycles. The number of fused-ring (bicyclic) bond motifs is 1. The van der Waals surface area contributed by atoms with E-state index in [1.807, 2.05) is 0 Å². The van der Waals surface area contributed by atoms with Crippen LogP contribution in [-0.4, -0.2) is 40.5 Å². The van der Waals surface area contributed by atoms with E-state index < -0.39 is 35.5 Å². The number of carbonyl (C=O) groups excluding carboxylic acids is 2. The molecule has 0 saturated heterocycles. The van der Waals surface area contributed by atoms with Gasteiger partial charge in [-0.25, -0.2) is 10.4 Å². The Kier molecular flexibility index (Phi) is 8.70. The zero-order chi connectivity index (χ0) is 31.7. The normalized spacial score (nSPS) is 12.7. The number of hydrogen-bond acceptors (Lipinski definition) is 4. The molecule has 43 heavy (non-hydrogen) atoms. The molecule has 0 radical (unpaired) electrons. The molecule has 4 aromatic rings. The van der Waals surface area contributed by atoms with Crippen molar-refractivity contribution < 1.29 is 40.3 Å². The lowest BCUT2D eigenvalue weighted by Crippen LogP contribution is -2.57. The van der Waals surface area contributed by atoms with Gasteiger partial charge in [-0.3, -0.25) is 9.59 Å². The number of amides is 2. The van der Waals surface area contributed by atoms with Gasteiger partial charge in [0.2, 0.25) is 0 Å². The number of benzene rings is 3. The third-order valence-corrected chi connectivity index (χ3v) is 6.64. The number of rotatable bonds is 7. The summed E-state index contributed by atoms with van der Waals surface area (Å²) in [4.78, 5) is 29.3. The van der Waals surface area contributed by atoms with Gasteiger partial charge in [-0.1, -0.05) is 53.5 Å². The molecule has 0 fully saturated rings. The Bertz CT molecular complexity index is 1740. The number of aromatic nitrogens is 1. The molecule has 1 heterocycles. The Labute approximate surface area is 248 Å². The molecule has 0 unspecified atom stereocenters. The molecule has 2 N–H and O–H groups in total. The molecule has 1 aromatic heterocycles. The number of para-hydroxylation sites is 1. The highest BCUT2D eigenvalue weighted by Gasteiger charge is 2.76. The van der Waals surface area contributed by atoms with Crippen LogP contribution in [0.1, 0.15) is 22.8 Å². The number of nitrogens with zero attached hydrogens (tertiary/aromatic N) is 2. The largest absolute Gasteiger partial charge is 0.460 e. The van der Waals surface area contributed by atoms with E-state index in [9.17, 15) is 40.3 Å². The quantitative estimate of drug-likeness (QED) is 0.121. The molecule has 15 heteroatoms. The van der Waals surface area contributed by atoms with Crippen LogP contribution in [0.5, 0.6) is 0 Å². The van der Waals surface area contributed by atoms with Crippen molar-refractivity contribution >= 4 is 57.3 Å². The van der Waals surface area contributed by atoms with E-state index in [1.165, 1.54) is 36.5 Å².